The maximum absolute atomic E-state index is 12.3. The summed E-state index contributed by atoms with van der Waals surface area (Å²) < 4.78 is 0. The quantitative estimate of drug-likeness (QED) is 0.743. The summed E-state index contributed by atoms with van der Waals surface area (Å²) in [5, 5.41) is 15.5. The normalized spacial score (nSPS) is 24.2. The van der Waals surface area contributed by atoms with Crippen molar-refractivity contribution in [3.63, 3.8) is 0 Å². The van der Waals surface area contributed by atoms with Gasteiger partial charge in [-0.2, -0.15) is 0 Å². The van der Waals surface area contributed by atoms with E-state index in [1.165, 1.54) is 37.1 Å². The number of aliphatic hydroxyl groups is 1. The van der Waals surface area contributed by atoms with E-state index in [0.717, 1.165) is 32.2 Å². The highest BCUT2D eigenvalue weighted by molar-refractivity contribution is 5.74. The molecule has 1 heterocycles. The first-order chi connectivity index (χ1) is 12.3. The minimum Gasteiger partial charge on any atom is -0.396 e. The second-order valence-electron chi connectivity index (χ2n) is 7.41. The van der Waals surface area contributed by atoms with Gasteiger partial charge in [-0.25, -0.2) is 4.79 Å². The molecule has 2 fully saturated rings. The van der Waals surface area contributed by atoms with Crippen LogP contribution in [0.2, 0.25) is 0 Å². The van der Waals surface area contributed by atoms with Gasteiger partial charge >= 0.3 is 6.03 Å². The average molecular weight is 345 g/mol. The monoisotopic (exact) mass is 345 g/mol. The Morgan fingerprint density at radius 3 is 2.56 bits per heavy atom. The van der Waals surface area contributed by atoms with Crippen LogP contribution in [0.1, 0.15) is 49.7 Å². The Balaban J connectivity index is 1.51. The summed E-state index contributed by atoms with van der Waals surface area (Å²) in [5.41, 5.74) is 2.49. The Hall–Kier alpha value is -1.59. The molecule has 1 aromatic rings. The number of likely N-dealkylation sites (tertiary alicyclic amines) is 1. The molecule has 1 saturated carbocycles. The minimum absolute atomic E-state index is 0.0959. The molecule has 25 heavy (non-hydrogen) atoms. The fraction of sp³-hybridized carbons (Fsp3) is 0.650. The van der Waals surface area contributed by atoms with Crippen molar-refractivity contribution < 1.29 is 9.90 Å². The van der Waals surface area contributed by atoms with Crippen molar-refractivity contribution in [3.8, 4) is 0 Å². The number of nitrogens with one attached hydrogen (secondary N) is 2. The van der Waals surface area contributed by atoms with E-state index in [1.54, 1.807) is 0 Å². The highest BCUT2D eigenvalue weighted by atomic mass is 16.3. The molecule has 2 unspecified atom stereocenters. The van der Waals surface area contributed by atoms with Gasteiger partial charge in [0.1, 0.15) is 0 Å². The smallest absolute Gasteiger partial charge is 0.315 e. The van der Waals surface area contributed by atoms with Gasteiger partial charge in [-0.3, -0.25) is 4.90 Å². The molecule has 0 aromatic heterocycles. The number of nitrogens with zero attached hydrogens (tertiary/aromatic N) is 1. The molecule has 2 atom stereocenters. The van der Waals surface area contributed by atoms with Gasteiger partial charge in [0.05, 0.1) is 0 Å². The topological polar surface area (TPSA) is 64.6 Å². The number of rotatable bonds is 6. The Bertz CT molecular complexity index is 558. The fourth-order valence-corrected chi connectivity index (χ4v) is 4.08. The van der Waals surface area contributed by atoms with E-state index in [0.29, 0.717) is 6.54 Å². The van der Waals surface area contributed by atoms with Gasteiger partial charge < -0.3 is 15.7 Å². The standard InChI is InChI=1S/C20H31N3O2/c24-15-18-9-3-4-10-19(18)22-20(25)21-13-16-7-1-2-8-17(16)14-23-11-5-6-12-23/h1-2,7-8,18-19,24H,3-6,9-15H2,(H2,21,22,25). The Labute approximate surface area is 150 Å². The number of carbonyl (C=O) groups excluding carboxylic acids is 1. The van der Waals surface area contributed by atoms with Gasteiger partial charge in [-0.1, -0.05) is 37.1 Å². The lowest BCUT2D eigenvalue weighted by atomic mass is 9.85. The molecule has 0 bridgehead atoms. The van der Waals surface area contributed by atoms with Gasteiger partial charge in [0.25, 0.3) is 0 Å². The van der Waals surface area contributed by atoms with Crippen molar-refractivity contribution in [1.29, 1.82) is 0 Å². The van der Waals surface area contributed by atoms with Gasteiger partial charge in [0.15, 0.2) is 0 Å². The molecule has 3 N–H and O–H groups in total. The zero-order valence-electron chi connectivity index (χ0n) is 15.0. The number of benzene rings is 1. The van der Waals surface area contributed by atoms with E-state index in [4.69, 9.17) is 0 Å². The number of hydrogen-bond acceptors (Lipinski definition) is 3. The summed E-state index contributed by atoms with van der Waals surface area (Å²) >= 11 is 0. The lowest BCUT2D eigenvalue weighted by molar-refractivity contribution is 0.153. The van der Waals surface area contributed by atoms with Crippen LogP contribution in [0.15, 0.2) is 24.3 Å². The first kappa shape index (κ1) is 18.2. The minimum atomic E-state index is -0.124. The molecule has 1 aliphatic carbocycles. The highest BCUT2D eigenvalue weighted by Gasteiger charge is 2.25. The fourth-order valence-electron chi connectivity index (χ4n) is 4.08. The van der Waals surface area contributed by atoms with E-state index in [-0.39, 0.29) is 24.6 Å². The molecular formula is C20H31N3O2. The van der Waals surface area contributed by atoms with E-state index in [2.05, 4.69) is 33.7 Å². The molecule has 0 radical (unpaired) electrons. The average Bonchev–Trinajstić information content (AvgIpc) is 3.14. The molecule has 5 heteroatoms. The zero-order valence-corrected chi connectivity index (χ0v) is 15.0. The van der Waals surface area contributed by atoms with E-state index in [1.807, 2.05) is 6.07 Å². The lowest BCUT2D eigenvalue weighted by Gasteiger charge is -2.30. The molecule has 2 amide bonds. The van der Waals surface area contributed by atoms with Crippen molar-refractivity contribution >= 4 is 6.03 Å². The van der Waals surface area contributed by atoms with Crippen LogP contribution >= 0.6 is 0 Å². The van der Waals surface area contributed by atoms with E-state index >= 15 is 0 Å². The predicted octanol–water partition coefficient (Wildman–Crippen LogP) is 2.63. The van der Waals surface area contributed by atoms with Gasteiger partial charge in [0, 0.05) is 31.7 Å². The van der Waals surface area contributed by atoms with Gasteiger partial charge in [-0.05, 0) is 49.9 Å². The van der Waals surface area contributed by atoms with Crippen LogP contribution in [0.5, 0.6) is 0 Å². The first-order valence-electron chi connectivity index (χ1n) is 9.70. The second-order valence-corrected chi connectivity index (χ2v) is 7.41. The number of urea groups is 1. The maximum atomic E-state index is 12.3. The summed E-state index contributed by atoms with van der Waals surface area (Å²) in [6, 6.07) is 8.34. The van der Waals surface area contributed by atoms with Crippen LogP contribution < -0.4 is 10.6 Å². The molecule has 0 spiro atoms. The van der Waals surface area contributed by atoms with Crippen molar-refractivity contribution in [2.45, 2.75) is 57.7 Å². The van der Waals surface area contributed by atoms with Crippen LogP contribution in [0.4, 0.5) is 4.79 Å². The third kappa shape index (κ3) is 5.19. The number of carbonyl (C=O) groups is 1. The molecule has 1 aliphatic heterocycles. The van der Waals surface area contributed by atoms with Crippen LogP contribution in [0.25, 0.3) is 0 Å². The Morgan fingerprint density at radius 2 is 1.80 bits per heavy atom. The predicted molar refractivity (Wildman–Crippen MR) is 99.2 cm³/mol. The number of aliphatic hydroxyl groups excluding tert-OH is 1. The summed E-state index contributed by atoms with van der Waals surface area (Å²) in [6.45, 7) is 4.02. The Kier molecular flexibility index (Phi) is 6.70. The maximum Gasteiger partial charge on any atom is 0.315 e. The molecule has 138 valence electrons. The Morgan fingerprint density at radius 1 is 1.08 bits per heavy atom. The summed E-state index contributed by atoms with van der Waals surface area (Å²) in [4.78, 5) is 14.8. The van der Waals surface area contributed by atoms with Gasteiger partial charge in [-0.15, -0.1) is 0 Å². The molecule has 3 rings (SSSR count). The van der Waals surface area contributed by atoms with E-state index < -0.39 is 0 Å². The highest BCUT2D eigenvalue weighted by Crippen LogP contribution is 2.24. The van der Waals surface area contributed by atoms with Crippen molar-refractivity contribution in [2.24, 2.45) is 5.92 Å². The van der Waals surface area contributed by atoms with Crippen LogP contribution in [0, 0.1) is 5.92 Å². The molecule has 1 saturated heterocycles. The van der Waals surface area contributed by atoms with Crippen LogP contribution in [0.3, 0.4) is 0 Å². The van der Waals surface area contributed by atoms with Crippen molar-refractivity contribution in [3.05, 3.63) is 35.4 Å². The third-order valence-corrected chi connectivity index (χ3v) is 5.61. The second kappa shape index (κ2) is 9.20. The SMILES string of the molecule is O=C(NCc1ccccc1CN1CCCC1)NC1CCCCC1CO. The lowest BCUT2D eigenvalue weighted by Crippen LogP contribution is -2.47. The van der Waals surface area contributed by atoms with E-state index in [9.17, 15) is 9.90 Å². The largest absolute Gasteiger partial charge is 0.396 e. The van der Waals surface area contributed by atoms with Gasteiger partial charge in [0.2, 0.25) is 0 Å². The molecule has 2 aliphatic rings. The summed E-state index contributed by atoms with van der Waals surface area (Å²) in [5.74, 6) is 0.196. The van der Waals surface area contributed by atoms with Crippen LogP contribution in [-0.2, 0) is 13.1 Å². The molecule has 5 nitrogen and oxygen atoms in total. The van der Waals surface area contributed by atoms with Crippen molar-refractivity contribution in [1.82, 2.24) is 15.5 Å². The number of amides is 2. The summed E-state index contributed by atoms with van der Waals surface area (Å²) in [7, 11) is 0. The zero-order chi connectivity index (χ0) is 17.5. The first-order valence-corrected chi connectivity index (χ1v) is 9.70. The van der Waals surface area contributed by atoms with Crippen molar-refractivity contribution in [2.75, 3.05) is 19.7 Å². The number of hydrogen-bond donors (Lipinski definition) is 3. The molecule has 1 aromatic carbocycles. The third-order valence-electron chi connectivity index (χ3n) is 5.61. The van der Waals surface area contributed by atoms with Crippen LogP contribution in [-0.4, -0.2) is 41.8 Å². The summed E-state index contributed by atoms with van der Waals surface area (Å²) in [6.07, 6.45) is 6.81. The molecular weight excluding hydrogens is 314 g/mol.